The molecule has 15 heavy (non-hydrogen) atoms. The molecule has 2 rings (SSSR count). The van der Waals surface area contributed by atoms with Gasteiger partial charge < -0.3 is 11.1 Å². The quantitative estimate of drug-likeness (QED) is 0.713. The third-order valence-corrected chi connectivity index (χ3v) is 3.01. The largest absolute Gasteiger partial charge is 0.328 e. The molecule has 0 saturated heterocycles. The Labute approximate surface area is 89.2 Å². The number of nitrogens with one attached hydrogen (secondary N) is 1. The van der Waals surface area contributed by atoms with E-state index in [1.54, 1.807) is 6.92 Å². The van der Waals surface area contributed by atoms with E-state index >= 15 is 0 Å². The topological polar surface area (TPSA) is 80.6 Å². The molecule has 1 saturated carbocycles. The van der Waals surface area contributed by atoms with Crippen LogP contribution in [0.25, 0.3) is 0 Å². The molecule has 5 heteroatoms. The summed E-state index contributed by atoms with van der Waals surface area (Å²) in [5.41, 5.74) is 6.99. The van der Waals surface area contributed by atoms with Gasteiger partial charge in [0.15, 0.2) is 0 Å². The van der Waals surface area contributed by atoms with Crippen LogP contribution >= 0.6 is 0 Å². The molecule has 82 valence electrons. The Morgan fingerprint density at radius 3 is 2.67 bits per heavy atom. The number of hydrogen-bond donors (Lipinski definition) is 2. The molecule has 1 aromatic heterocycles. The fraction of sp³-hybridized carbons (Fsp3) is 0.700. The molecule has 0 aromatic carbocycles. The first kappa shape index (κ1) is 10.3. The van der Waals surface area contributed by atoms with E-state index in [-0.39, 0.29) is 0 Å². The van der Waals surface area contributed by atoms with Crippen molar-refractivity contribution >= 4 is 5.71 Å². The Hall–Kier alpha value is -1.23. The molecule has 0 atom stereocenters. The van der Waals surface area contributed by atoms with Crippen LogP contribution in [0.1, 0.15) is 44.3 Å². The van der Waals surface area contributed by atoms with Crippen molar-refractivity contribution in [2.45, 2.75) is 44.7 Å². The molecule has 1 aliphatic rings. The highest BCUT2D eigenvalue weighted by Gasteiger charge is 2.21. The van der Waals surface area contributed by atoms with Crippen LogP contribution in [0, 0.1) is 5.41 Å². The summed E-state index contributed by atoms with van der Waals surface area (Å²) in [6.45, 7) is 1.73. The van der Waals surface area contributed by atoms with Crippen molar-refractivity contribution < 1.29 is 0 Å². The van der Waals surface area contributed by atoms with Gasteiger partial charge in [-0.1, -0.05) is 5.21 Å². The molecular formula is C10H17N5. The van der Waals surface area contributed by atoms with Crippen molar-refractivity contribution in [3.05, 3.63) is 11.9 Å². The van der Waals surface area contributed by atoms with Gasteiger partial charge in [-0.2, -0.15) is 0 Å². The number of nitrogens with zero attached hydrogens (tertiary/aromatic N) is 3. The Balaban J connectivity index is 2.06. The molecule has 5 nitrogen and oxygen atoms in total. The molecule has 0 spiro atoms. The minimum Gasteiger partial charge on any atom is -0.328 e. The average Bonchev–Trinajstić information content (AvgIpc) is 2.68. The summed E-state index contributed by atoms with van der Waals surface area (Å²) in [5, 5.41) is 15.5. The van der Waals surface area contributed by atoms with Crippen molar-refractivity contribution in [2.75, 3.05) is 0 Å². The molecular weight excluding hydrogens is 190 g/mol. The molecule has 1 heterocycles. The first-order chi connectivity index (χ1) is 7.16. The third kappa shape index (κ3) is 2.23. The van der Waals surface area contributed by atoms with E-state index < -0.39 is 0 Å². The second kappa shape index (κ2) is 4.10. The van der Waals surface area contributed by atoms with E-state index in [2.05, 4.69) is 10.3 Å². The Morgan fingerprint density at radius 2 is 2.13 bits per heavy atom. The summed E-state index contributed by atoms with van der Waals surface area (Å²) in [5.74, 6) is 0. The van der Waals surface area contributed by atoms with E-state index in [4.69, 9.17) is 11.1 Å². The minimum atomic E-state index is 0.355. The summed E-state index contributed by atoms with van der Waals surface area (Å²) >= 11 is 0. The maximum atomic E-state index is 7.46. The van der Waals surface area contributed by atoms with Gasteiger partial charge in [-0.15, -0.1) is 5.10 Å². The molecule has 1 aliphatic carbocycles. The summed E-state index contributed by atoms with van der Waals surface area (Å²) in [6.07, 6.45) is 6.12. The normalized spacial score (nSPS) is 26.5. The van der Waals surface area contributed by atoms with Crippen LogP contribution in [0.15, 0.2) is 6.20 Å². The first-order valence-electron chi connectivity index (χ1n) is 5.40. The van der Waals surface area contributed by atoms with Crippen LogP contribution in [-0.2, 0) is 0 Å². The zero-order valence-electron chi connectivity index (χ0n) is 8.98. The van der Waals surface area contributed by atoms with Gasteiger partial charge in [0.25, 0.3) is 0 Å². The van der Waals surface area contributed by atoms with Crippen LogP contribution in [0.2, 0.25) is 0 Å². The highest BCUT2D eigenvalue weighted by atomic mass is 15.4. The van der Waals surface area contributed by atoms with Crippen LogP contribution in [0.5, 0.6) is 0 Å². The standard InChI is InChI=1S/C10H17N5/c1-7(11)10-6-15(14-13-10)9-4-2-8(12)3-5-9/h6,8-9,11H,2-5,12H2,1H3. The van der Waals surface area contributed by atoms with Crippen molar-refractivity contribution in [2.24, 2.45) is 5.73 Å². The predicted octanol–water partition coefficient (Wildman–Crippen LogP) is 1.11. The molecule has 0 unspecified atom stereocenters. The highest BCUT2D eigenvalue weighted by molar-refractivity contribution is 5.93. The fourth-order valence-electron chi connectivity index (χ4n) is 1.99. The first-order valence-corrected chi connectivity index (χ1v) is 5.40. The molecule has 1 fully saturated rings. The Kier molecular flexibility index (Phi) is 2.81. The summed E-state index contributed by atoms with van der Waals surface area (Å²) in [7, 11) is 0. The minimum absolute atomic E-state index is 0.355. The lowest BCUT2D eigenvalue weighted by molar-refractivity contribution is 0.300. The molecule has 0 radical (unpaired) electrons. The van der Waals surface area contributed by atoms with Crippen molar-refractivity contribution in [1.29, 1.82) is 5.41 Å². The predicted molar refractivity (Wildman–Crippen MR) is 58.0 cm³/mol. The van der Waals surface area contributed by atoms with Crippen LogP contribution in [0.4, 0.5) is 0 Å². The highest BCUT2D eigenvalue weighted by Crippen LogP contribution is 2.26. The van der Waals surface area contributed by atoms with Gasteiger partial charge in [-0.05, 0) is 32.6 Å². The lowest BCUT2D eigenvalue weighted by atomic mass is 9.92. The smallest absolute Gasteiger partial charge is 0.126 e. The molecule has 1 aromatic rings. The van der Waals surface area contributed by atoms with Gasteiger partial charge in [0.2, 0.25) is 0 Å². The van der Waals surface area contributed by atoms with Crippen LogP contribution in [-0.4, -0.2) is 26.7 Å². The second-order valence-electron chi connectivity index (χ2n) is 4.28. The number of aromatic nitrogens is 3. The van der Waals surface area contributed by atoms with Crippen molar-refractivity contribution in [3.8, 4) is 0 Å². The fourth-order valence-corrected chi connectivity index (χ4v) is 1.99. The summed E-state index contributed by atoms with van der Waals surface area (Å²) < 4.78 is 1.89. The van der Waals surface area contributed by atoms with E-state index in [9.17, 15) is 0 Å². The second-order valence-corrected chi connectivity index (χ2v) is 4.28. The lowest BCUT2D eigenvalue weighted by Crippen LogP contribution is -2.28. The van der Waals surface area contributed by atoms with Crippen LogP contribution in [0.3, 0.4) is 0 Å². The van der Waals surface area contributed by atoms with Gasteiger partial charge >= 0.3 is 0 Å². The molecule has 0 bridgehead atoms. The zero-order valence-corrected chi connectivity index (χ0v) is 8.98. The van der Waals surface area contributed by atoms with Crippen LogP contribution < -0.4 is 5.73 Å². The Bertz CT molecular complexity index is 348. The zero-order chi connectivity index (χ0) is 10.8. The van der Waals surface area contributed by atoms with Gasteiger partial charge in [0.05, 0.1) is 18.0 Å². The van der Waals surface area contributed by atoms with Gasteiger partial charge in [-0.3, -0.25) is 0 Å². The number of hydrogen-bond acceptors (Lipinski definition) is 4. The van der Waals surface area contributed by atoms with Gasteiger partial charge in [-0.25, -0.2) is 4.68 Å². The molecule has 3 N–H and O–H groups in total. The third-order valence-electron chi connectivity index (χ3n) is 3.01. The maximum absolute atomic E-state index is 7.46. The number of nitrogens with two attached hydrogens (primary N) is 1. The monoisotopic (exact) mass is 207 g/mol. The van der Waals surface area contributed by atoms with Gasteiger partial charge in [0.1, 0.15) is 5.69 Å². The number of rotatable bonds is 2. The summed E-state index contributed by atoms with van der Waals surface area (Å²) in [4.78, 5) is 0. The van der Waals surface area contributed by atoms with E-state index in [1.807, 2.05) is 10.9 Å². The van der Waals surface area contributed by atoms with Gasteiger partial charge in [0, 0.05) is 6.04 Å². The van der Waals surface area contributed by atoms with E-state index in [1.165, 1.54) is 0 Å². The average molecular weight is 207 g/mol. The van der Waals surface area contributed by atoms with Crippen molar-refractivity contribution in [3.63, 3.8) is 0 Å². The van der Waals surface area contributed by atoms with Crippen molar-refractivity contribution in [1.82, 2.24) is 15.0 Å². The molecule has 0 aliphatic heterocycles. The van der Waals surface area contributed by atoms with E-state index in [0.717, 1.165) is 25.7 Å². The summed E-state index contributed by atoms with van der Waals surface area (Å²) in [6, 6.07) is 0.777. The molecule has 0 amide bonds. The van der Waals surface area contributed by atoms with E-state index in [0.29, 0.717) is 23.5 Å². The maximum Gasteiger partial charge on any atom is 0.126 e. The Morgan fingerprint density at radius 1 is 1.47 bits per heavy atom. The SMILES string of the molecule is CC(=N)c1cn(C2CCC(N)CC2)nn1. The lowest BCUT2D eigenvalue weighted by Gasteiger charge is -2.25.